The topological polar surface area (TPSA) is 106 Å². The summed E-state index contributed by atoms with van der Waals surface area (Å²) in [7, 11) is 2.87. The Morgan fingerprint density at radius 3 is 2.57 bits per heavy atom. The highest BCUT2D eigenvalue weighted by Crippen LogP contribution is 2.34. The van der Waals surface area contributed by atoms with Gasteiger partial charge in [-0.25, -0.2) is 0 Å². The number of nitrogens with one attached hydrogen (secondary N) is 2. The molecule has 1 amide bonds. The summed E-state index contributed by atoms with van der Waals surface area (Å²) in [6, 6.07) is 9.90. The third-order valence-corrected chi connectivity index (χ3v) is 4.65. The first-order valence-electron chi connectivity index (χ1n) is 8.39. The molecule has 0 fully saturated rings. The van der Waals surface area contributed by atoms with Gasteiger partial charge in [0.2, 0.25) is 0 Å². The summed E-state index contributed by atoms with van der Waals surface area (Å²) in [6.45, 7) is 0.207. The largest absolute Gasteiger partial charge is 0.493 e. The zero-order chi connectivity index (χ0) is 20.3. The van der Waals surface area contributed by atoms with Crippen molar-refractivity contribution in [2.75, 3.05) is 20.8 Å². The highest BCUT2D eigenvalue weighted by atomic mass is 35.5. The summed E-state index contributed by atoms with van der Waals surface area (Å²) >= 11 is 6.12. The van der Waals surface area contributed by atoms with E-state index in [1.165, 1.54) is 20.3 Å². The fourth-order valence-electron chi connectivity index (χ4n) is 2.93. The number of rotatable bonds is 7. The molecule has 1 heterocycles. The number of fused-ring (bicyclic) bond motifs is 1. The van der Waals surface area contributed by atoms with Crippen LogP contribution in [0.1, 0.15) is 16.1 Å². The molecule has 3 rings (SSSR count). The number of carbonyl (C=O) groups excluding carboxylic acids is 1. The van der Waals surface area contributed by atoms with Gasteiger partial charge in [-0.2, -0.15) is 0 Å². The molecule has 0 saturated heterocycles. The van der Waals surface area contributed by atoms with E-state index in [1.54, 1.807) is 24.3 Å². The van der Waals surface area contributed by atoms with Crippen molar-refractivity contribution in [1.29, 1.82) is 0 Å². The first-order valence-corrected chi connectivity index (χ1v) is 8.77. The number of carbonyl (C=O) groups is 1. The molecule has 9 heteroatoms. The minimum absolute atomic E-state index is 0.0932. The van der Waals surface area contributed by atoms with Crippen LogP contribution in [0.3, 0.4) is 0 Å². The Kier molecular flexibility index (Phi) is 5.70. The Bertz CT molecular complexity index is 1050. The Labute approximate surface area is 165 Å². The van der Waals surface area contributed by atoms with Gasteiger partial charge in [-0.1, -0.05) is 17.7 Å². The van der Waals surface area contributed by atoms with Gasteiger partial charge in [-0.05, 0) is 30.7 Å². The zero-order valence-electron chi connectivity index (χ0n) is 15.2. The molecule has 146 valence electrons. The summed E-state index contributed by atoms with van der Waals surface area (Å²) in [4.78, 5) is 26.3. The van der Waals surface area contributed by atoms with E-state index in [-0.39, 0.29) is 30.3 Å². The predicted molar refractivity (Wildman–Crippen MR) is 106 cm³/mol. The third kappa shape index (κ3) is 3.86. The molecule has 0 bridgehead atoms. The molecule has 1 aromatic heterocycles. The molecular formula is C19H18ClN3O5. The van der Waals surface area contributed by atoms with Gasteiger partial charge in [0.15, 0.2) is 11.5 Å². The van der Waals surface area contributed by atoms with Gasteiger partial charge in [0, 0.05) is 28.0 Å². The van der Waals surface area contributed by atoms with E-state index in [9.17, 15) is 14.9 Å². The van der Waals surface area contributed by atoms with Crippen molar-refractivity contribution in [3.63, 3.8) is 0 Å². The lowest BCUT2D eigenvalue weighted by Gasteiger charge is -2.11. The molecule has 2 N–H and O–H groups in total. The average Bonchev–Trinajstić information content (AvgIpc) is 3.13. The number of ether oxygens (including phenoxy) is 2. The van der Waals surface area contributed by atoms with E-state index in [0.29, 0.717) is 22.0 Å². The molecule has 2 aromatic carbocycles. The minimum atomic E-state index is -0.487. The molecule has 28 heavy (non-hydrogen) atoms. The van der Waals surface area contributed by atoms with Gasteiger partial charge in [0.05, 0.1) is 25.2 Å². The van der Waals surface area contributed by atoms with E-state index in [1.807, 2.05) is 6.07 Å². The normalized spacial score (nSPS) is 10.7. The number of nitro benzene ring substituents is 1. The lowest BCUT2D eigenvalue weighted by atomic mass is 10.1. The van der Waals surface area contributed by atoms with Gasteiger partial charge in [0.1, 0.15) is 5.69 Å². The molecule has 0 aliphatic heterocycles. The SMILES string of the molecule is COc1cc(CCNC(=O)c2cc3c(Cl)cccc3[nH]2)c([N+](=O)[O-])cc1OC. The van der Waals surface area contributed by atoms with Crippen molar-refractivity contribution < 1.29 is 19.2 Å². The van der Waals surface area contributed by atoms with E-state index >= 15 is 0 Å². The molecule has 3 aromatic rings. The molecule has 0 aliphatic carbocycles. The van der Waals surface area contributed by atoms with Crippen LogP contribution in [0.15, 0.2) is 36.4 Å². The van der Waals surface area contributed by atoms with Crippen LogP contribution in [0.2, 0.25) is 5.02 Å². The second kappa shape index (κ2) is 8.18. The molecule has 8 nitrogen and oxygen atoms in total. The van der Waals surface area contributed by atoms with E-state index < -0.39 is 4.92 Å². The first-order chi connectivity index (χ1) is 13.4. The highest BCUT2D eigenvalue weighted by Gasteiger charge is 2.19. The Morgan fingerprint density at radius 1 is 1.21 bits per heavy atom. The second-order valence-electron chi connectivity index (χ2n) is 5.98. The number of hydrogen-bond donors (Lipinski definition) is 2. The summed E-state index contributed by atoms with van der Waals surface area (Å²) in [6.07, 6.45) is 0.253. The van der Waals surface area contributed by atoms with Gasteiger partial charge >= 0.3 is 0 Å². The lowest BCUT2D eigenvalue weighted by molar-refractivity contribution is -0.385. The van der Waals surface area contributed by atoms with Gasteiger partial charge < -0.3 is 19.8 Å². The average molecular weight is 404 g/mol. The highest BCUT2D eigenvalue weighted by molar-refractivity contribution is 6.35. The van der Waals surface area contributed by atoms with Crippen LogP contribution >= 0.6 is 11.6 Å². The number of H-pyrrole nitrogens is 1. The number of nitrogens with zero attached hydrogens (tertiary/aromatic N) is 1. The molecule has 0 aliphatic rings. The Hall–Kier alpha value is -3.26. The van der Waals surface area contributed by atoms with Crippen molar-refractivity contribution >= 4 is 34.1 Å². The third-order valence-electron chi connectivity index (χ3n) is 4.32. The van der Waals surface area contributed by atoms with Gasteiger partial charge in [0.25, 0.3) is 11.6 Å². The van der Waals surface area contributed by atoms with Crippen molar-refractivity contribution in [3.8, 4) is 11.5 Å². The van der Waals surface area contributed by atoms with Crippen LogP contribution in [-0.4, -0.2) is 36.6 Å². The van der Waals surface area contributed by atoms with Gasteiger partial charge in [-0.3, -0.25) is 14.9 Å². The van der Waals surface area contributed by atoms with Crippen LogP contribution in [0.4, 0.5) is 5.69 Å². The fourth-order valence-corrected chi connectivity index (χ4v) is 3.16. The molecule has 0 spiro atoms. The summed E-state index contributed by atoms with van der Waals surface area (Å²) in [5, 5.41) is 15.4. The maximum Gasteiger partial charge on any atom is 0.276 e. The minimum Gasteiger partial charge on any atom is -0.493 e. The molecular weight excluding hydrogens is 386 g/mol. The summed E-state index contributed by atoms with van der Waals surface area (Å²) < 4.78 is 10.3. The lowest BCUT2D eigenvalue weighted by Crippen LogP contribution is -2.26. The molecule has 0 unspecified atom stereocenters. The zero-order valence-corrected chi connectivity index (χ0v) is 16.0. The second-order valence-corrected chi connectivity index (χ2v) is 6.39. The van der Waals surface area contributed by atoms with Crippen LogP contribution in [0.25, 0.3) is 10.9 Å². The van der Waals surface area contributed by atoms with Crippen molar-refractivity contribution in [3.05, 3.63) is 62.8 Å². The standard InChI is InChI=1S/C19H18ClN3O5/c1-27-17-8-11(16(23(25)26)10-18(17)28-2)6-7-21-19(24)15-9-12-13(20)4-3-5-14(12)22-15/h3-5,8-10,22H,6-7H2,1-2H3,(H,21,24). The number of hydrogen-bond acceptors (Lipinski definition) is 5. The number of aromatic amines is 1. The maximum absolute atomic E-state index is 12.4. The number of halogens is 1. The predicted octanol–water partition coefficient (Wildman–Crippen LogP) is 3.72. The smallest absolute Gasteiger partial charge is 0.276 e. The van der Waals surface area contributed by atoms with E-state index in [0.717, 1.165) is 10.9 Å². The molecule has 0 atom stereocenters. The van der Waals surface area contributed by atoms with Crippen LogP contribution < -0.4 is 14.8 Å². The van der Waals surface area contributed by atoms with Crippen molar-refractivity contribution in [1.82, 2.24) is 10.3 Å². The van der Waals surface area contributed by atoms with Crippen LogP contribution in [-0.2, 0) is 6.42 Å². The van der Waals surface area contributed by atoms with E-state index in [4.69, 9.17) is 21.1 Å². The monoisotopic (exact) mass is 403 g/mol. The Balaban J connectivity index is 1.74. The van der Waals surface area contributed by atoms with Gasteiger partial charge in [-0.15, -0.1) is 0 Å². The van der Waals surface area contributed by atoms with E-state index in [2.05, 4.69) is 10.3 Å². The number of nitro groups is 1. The van der Waals surface area contributed by atoms with Crippen LogP contribution in [0.5, 0.6) is 11.5 Å². The molecule has 0 saturated carbocycles. The van der Waals surface area contributed by atoms with Crippen LogP contribution in [0, 0.1) is 10.1 Å². The fraction of sp³-hybridized carbons (Fsp3) is 0.211. The number of methoxy groups -OCH3 is 2. The first kappa shape index (κ1) is 19.5. The number of benzene rings is 2. The van der Waals surface area contributed by atoms with Crippen molar-refractivity contribution in [2.45, 2.75) is 6.42 Å². The number of amides is 1. The quantitative estimate of drug-likeness (QED) is 0.462. The summed E-state index contributed by atoms with van der Waals surface area (Å²) in [5.74, 6) is 0.340. The maximum atomic E-state index is 12.4. The summed E-state index contributed by atoms with van der Waals surface area (Å²) in [5.41, 5.74) is 1.46. The molecule has 0 radical (unpaired) electrons. The van der Waals surface area contributed by atoms with Crippen molar-refractivity contribution in [2.24, 2.45) is 0 Å². The number of aromatic nitrogens is 1. The Morgan fingerprint density at radius 2 is 1.93 bits per heavy atom.